The third-order valence-electron chi connectivity index (χ3n) is 1.54. The molecule has 0 aliphatic carbocycles. The summed E-state index contributed by atoms with van der Waals surface area (Å²) in [6.45, 7) is 0. The maximum atomic E-state index is 12.2. The second-order valence-corrected chi connectivity index (χ2v) is 4.46. The largest absolute Gasteiger partial charge is 0.410 e. The molecule has 1 saturated heterocycles. The van der Waals surface area contributed by atoms with Crippen molar-refractivity contribution in [3.63, 3.8) is 0 Å². The minimum Gasteiger partial charge on any atom is -0.239 e. The van der Waals surface area contributed by atoms with Crippen molar-refractivity contribution in [3.05, 3.63) is 0 Å². The smallest absolute Gasteiger partial charge is 0.239 e. The van der Waals surface area contributed by atoms with E-state index in [9.17, 15) is 30.4 Å². The highest BCUT2D eigenvalue weighted by Gasteiger charge is 2.76. The number of alkyl halides is 5. The van der Waals surface area contributed by atoms with Crippen molar-refractivity contribution >= 4 is 9.84 Å². The minimum absolute atomic E-state index is 1.83. The van der Waals surface area contributed by atoms with Gasteiger partial charge in [-0.2, -0.15) is 17.6 Å². The number of hydrogen-bond acceptors (Lipinski definition) is 2. The fourth-order valence-electron chi connectivity index (χ4n) is 0.792. The lowest BCUT2D eigenvalue weighted by Gasteiger charge is -2.17. The van der Waals surface area contributed by atoms with Gasteiger partial charge in [-0.1, -0.05) is 0 Å². The van der Waals surface area contributed by atoms with E-state index in [2.05, 4.69) is 0 Å². The van der Waals surface area contributed by atoms with Crippen LogP contribution in [0.3, 0.4) is 0 Å². The molecule has 0 amide bonds. The molecule has 0 bridgehead atoms. The molecule has 0 aromatic carbocycles. The molecule has 2 nitrogen and oxygen atoms in total. The molecule has 1 aliphatic rings. The van der Waals surface area contributed by atoms with Crippen LogP contribution >= 0.6 is 0 Å². The van der Waals surface area contributed by atoms with Crippen molar-refractivity contribution in [1.82, 2.24) is 0 Å². The van der Waals surface area contributed by atoms with Gasteiger partial charge in [-0.15, -0.1) is 0 Å². The molecular weight excluding hydrogens is 207 g/mol. The maximum Gasteiger partial charge on any atom is 0.410 e. The Hall–Kier alpha value is -0.400. The van der Waals surface area contributed by atoms with Crippen LogP contribution in [0, 0.1) is 0 Å². The zero-order chi connectivity index (χ0) is 9.78. The lowest BCUT2D eigenvalue weighted by atomic mass is 10.2. The Labute approximate surface area is 64.3 Å². The molecule has 12 heavy (non-hydrogen) atoms. The molecule has 1 aliphatic heterocycles. The highest BCUT2D eigenvalue weighted by molar-refractivity contribution is 7.92. The van der Waals surface area contributed by atoms with E-state index in [4.69, 9.17) is 0 Å². The predicted octanol–water partition coefficient (Wildman–Crippen LogP) is 0.981. The van der Waals surface area contributed by atoms with Gasteiger partial charge in [0.1, 0.15) is 0 Å². The van der Waals surface area contributed by atoms with Crippen LogP contribution in [0.15, 0.2) is 0 Å². The van der Waals surface area contributed by atoms with Crippen molar-refractivity contribution < 1.29 is 30.4 Å². The Bertz CT molecular complexity index is 295. The van der Waals surface area contributed by atoms with Crippen molar-refractivity contribution in [2.24, 2.45) is 0 Å². The minimum atomic E-state index is -5.34. The first-order chi connectivity index (χ1) is 5.13. The van der Waals surface area contributed by atoms with Gasteiger partial charge in [0.25, 0.3) is 0 Å². The standard InChI is InChI=1S/C4H3F5O2S/c5-2-1-12(10,11)4(8,9)3(2,6)7/h2H,1H2. The molecule has 0 aromatic heterocycles. The monoisotopic (exact) mass is 210 g/mol. The third-order valence-corrected chi connectivity index (χ3v) is 3.32. The van der Waals surface area contributed by atoms with Crippen molar-refractivity contribution in [2.45, 2.75) is 17.3 Å². The van der Waals surface area contributed by atoms with Crippen LogP contribution in [0.1, 0.15) is 0 Å². The fourth-order valence-corrected chi connectivity index (χ4v) is 2.14. The van der Waals surface area contributed by atoms with Crippen molar-refractivity contribution in [3.8, 4) is 0 Å². The molecule has 1 unspecified atom stereocenters. The van der Waals surface area contributed by atoms with Crippen LogP contribution in [0.25, 0.3) is 0 Å². The maximum absolute atomic E-state index is 12.2. The molecule has 1 fully saturated rings. The predicted molar refractivity (Wildman–Crippen MR) is 28.6 cm³/mol. The summed E-state index contributed by atoms with van der Waals surface area (Å²) in [7, 11) is -5.34. The number of rotatable bonds is 0. The lowest BCUT2D eigenvalue weighted by Crippen LogP contribution is -2.43. The Morgan fingerprint density at radius 1 is 1.17 bits per heavy atom. The summed E-state index contributed by atoms with van der Waals surface area (Å²) in [5.74, 6) is -6.93. The third kappa shape index (κ3) is 0.868. The first-order valence-corrected chi connectivity index (χ1v) is 4.40. The molecule has 0 saturated carbocycles. The van der Waals surface area contributed by atoms with Gasteiger partial charge in [0.05, 0.1) is 5.75 Å². The molecule has 0 spiro atoms. The van der Waals surface area contributed by atoms with Crippen LogP contribution in [0.4, 0.5) is 22.0 Å². The Kier molecular flexibility index (Phi) is 1.69. The van der Waals surface area contributed by atoms with Gasteiger partial charge in [-0.05, 0) is 0 Å². The van der Waals surface area contributed by atoms with Gasteiger partial charge < -0.3 is 0 Å². The van der Waals surface area contributed by atoms with Gasteiger partial charge in [0.15, 0.2) is 6.17 Å². The summed E-state index contributed by atoms with van der Waals surface area (Å²) < 4.78 is 81.1. The number of halogens is 5. The van der Waals surface area contributed by atoms with E-state index >= 15 is 0 Å². The average molecular weight is 210 g/mol. The summed E-state index contributed by atoms with van der Waals surface area (Å²) in [5.41, 5.74) is 0. The van der Waals surface area contributed by atoms with Gasteiger partial charge in [0.2, 0.25) is 9.84 Å². The van der Waals surface area contributed by atoms with E-state index in [1.807, 2.05) is 0 Å². The van der Waals surface area contributed by atoms with Crippen LogP contribution in [0.5, 0.6) is 0 Å². The van der Waals surface area contributed by atoms with E-state index in [0.717, 1.165) is 0 Å². The van der Waals surface area contributed by atoms with Crippen LogP contribution < -0.4 is 0 Å². The van der Waals surface area contributed by atoms with Crippen LogP contribution in [-0.4, -0.2) is 31.5 Å². The van der Waals surface area contributed by atoms with Gasteiger partial charge >= 0.3 is 11.2 Å². The summed E-state index contributed by atoms with van der Waals surface area (Å²) in [6.07, 6.45) is -3.32. The Balaban J connectivity index is 3.29. The molecule has 0 N–H and O–H groups in total. The average Bonchev–Trinajstić information content (AvgIpc) is 1.92. The molecule has 1 atom stereocenters. The molecular formula is C4H3F5O2S. The van der Waals surface area contributed by atoms with E-state index in [1.54, 1.807) is 0 Å². The van der Waals surface area contributed by atoms with Gasteiger partial charge in [0, 0.05) is 0 Å². The summed E-state index contributed by atoms with van der Waals surface area (Å²) in [4.78, 5) is 0. The Morgan fingerprint density at radius 3 is 1.67 bits per heavy atom. The fraction of sp³-hybridized carbons (Fsp3) is 1.00. The molecule has 1 heterocycles. The zero-order valence-corrected chi connectivity index (χ0v) is 6.22. The Morgan fingerprint density at radius 2 is 1.58 bits per heavy atom. The molecule has 8 heteroatoms. The van der Waals surface area contributed by atoms with E-state index in [-0.39, 0.29) is 0 Å². The second kappa shape index (κ2) is 2.09. The SMILES string of the molecule is O=S1(=O)CC(F)C(F)(F)C1(F)F. The quantitative estimate of drug-likeness (QED) is 0.558. The highest BCUT2D eigenvalue weighted by Crippen LogP contribution is 2.48. The topological polar surface area (TPSA) is 34.1 Å². The van der Waals surface area contributed by atoms with E-state index < -0.39 is 32.9 Å². The normalized spacial score (nSPS) is 36.6. The van der Waals surface area contributed by atoms with E-state index in [1.165, 1.54) is 0 Å². The lowest BCUT2D eigenvalue weighted by molar-refractivity contribution is -0.177. The van der Waals surface area contributed by atoms with Crippen molar-refractivity contribution in [1.29, 1.82) is 0 Å². The van der Waals surface area contributed by atoms with Gasteiger partial charge in [-0.3, -0.25) is 0 Å². The van der Waals surface area contributed by atoms with Crippen LogP contribution in [0.2, 0.25) is 0 Å². The first-order valence-electron chi connectivity index (χ1n) is 2.75. The molecule has 72 valence electrons. The van der Waals surface area contributed by atoms with Gasteiger partial charge in [-0.25, -0.2) is 12.8 Å². The number of sulfone groups is 1. The molecule has 0 aromatic rings. The zero-order valence-electron chi connectivity index (χ0n) is 5.40. The van der Waals surface area contributed by atoms with Crippen molar-refractivity contribution in [2.75, 3.05) is 5.75 Å². The number of hydrogen-bond donors (Lipinski definition) is 0. The molecule has 0 radical (unpaired) electrons. The summed E-state index contributed by atoms with van der Waals surface area (Å²) in [6, 6.07) is 0. The summed E-state index contributed by atoms with van der Waals surface area (Å²) in [5, 5.41) is -5.28. The molecule has 1 rings (SSSR count). The highest BCUT2D eigenvalue weighted by atomic mass is 32.2. The van der Waals surface area contributed by atoms with Crippen LogP contribution in [-0.2, 0) is 9.84 Å². The first kappa shape index (κ1) is 9.69. The van der Waals surface area contributed by atoms with E-state index in [0.29, 0.717) is 0 Å². The second-order valence-electron chi connectivity index (χ2n) is 2.39. The summed E-state index contributed by atoms with van der Waals surface area (Å²) >= 11 is 0.